The zero-order valence-electron chi connectivity index (χ0n) is 6.64. The van der Waals surface area contributed by atoms with Crippen LogP contribution >= 0.6 is 0 Å². The van der Waals surface area contributed by atoms with E-state index in [0.717, 1.165) is 6.92 Å². The number of hydrogen-bond donors (Lipinski definition) is 1. The number of halogens is 4. The van der Waals surface area contributed by atoms with Crippen molar-refractivity contribution in [3.63, 3.8) is 0 Å². The van der Waals surface area contributed by atoms with E-state index in [4.69, 9.17) is 5.11 Å². The Bertz CT molecular complexity index is 183. The second-order valence-electron chi connectivity index (χ2n) is 2.35. The summed E-state index contributed by atoms with van der Waals surface area (Å²) < 4.78 is 51.2. The fourth-order valence-corrected chi connectivity index (χ4v) is 0.370. The molecule has 0 amide bonds. The van der Waals surface area contributed by atoms with Crippen LogP contribution in [0.15, 0.2) is 0 Å². The molecule has 3 nitrogen and oxygen atoms in total. The molecule has 0 aliphatic heterocycles. The predicted molar refractivity (Wildman–Crippen MR) is 34.0 cm³/mol. The molecule has 13 heavy (non-hydrogen) atoms. The molecule has 7 heteroatoms. The molecular weight excluding hydrogens is 196 g/mol. The van der Waals surface area contributed by atoms with Gasteiger partial charge in [-0.1, -0.05) is 0 Å². The molecule has 0 aromatic carbocycles. The van der Waals surface area contributed by atoms with Crippen molar-refractivity contribution in [2.45, 2.75) is 25.4 Å². The quantitative estimate of drug-likeness (QED) is 0.688. The van der Waals surface area contributed by atoms with Gasteiger partial charge in [0.1, 0.15) is 6.61 Å². The first-order chi connectivity index (χ1) is 5.77. The summed E-state index contributed by atoms with van der Waals surface area (Å²) in [4.78, 5) is 10.0. The van der Waals surface area contributed by atoms with Gasteiger partial charge in [0.15, 0.2) is 6.10 Å². The second kappa shape index (κ2) is 4.40. The number of alkyl halides is 4. The van der Waals surface area contributed by atoms with Crippen LogP contribution in [0, 0.1) is 0 Å². The van der Waals surface area contributed by atoms with E-state index in [1.165, 1.54) is 0 Å². The molecule has 0 rings (SSSR count). The van der Waals surface area contributed by atoms with Gasteiger partial charge in [-0.2, -0.15) is 8.78 Å². The van der Waals surface area contributed by atoms with E-state index in [0.29, 0.717) is 0 Å². The number of carboxylic acid groups (broad SMARTS) is 1. The fourth-order valence-electron chi connectivity index (χ4n) is 0.370. The number of ether oxygens (including phenoxy) is 1. The first-order valence-electron chi connectivity index (χ1n) is 3.27. The van der Waals surface area contributed by atoms with Crippen molar-refractivity contribution in [3.8, 4) is 0 Å². The molecule has 0 aliphatic rings. The summed E-state index contributed by atoms with van der Waals surface area (Å²) in [6.45, 7) is -0.623. The van der Waals surface area contributed by atoms with E-state index in [9.17, 15) is 22.4 Å². The lowest BCUT2D eigenvalue weighted by molar-refractivity contribution is -0.183. The fraction of sp³-hybridized carbons (Fsp3) is 0.833. The van der Waals surface area contributed by atoms with Crippen molar-refractivity contribution in [1.29, 1.82) is 0 Å². The van der Waals surface area contributed by atoms with E-state index < -0.39 is 31.0 Å². The highest BCUT2D eigenvalue weighted by Gasteiger charge is 2.41. The van der Waals surface area contributed by atoms with Gasteiger partial charge in [-0.05, 0) is 6.92 Å². The van der Waals surface area contributed by atoms with Crippen molar-refractivity contribution in [1.82, 2.24) is 0 Å². The van der Waals surface area contributed by atoms with Crippen LogP contribution in [-0.2, 0) is 9.53 Å². The van der Waals surface area contributed by atoms with Crippen LogP contribution in [0.25, 0.3) is 0 Å². The molecule has 0 spiro atoms. The zero-order chi connectivity index (χ0) is 10.6. The van der Waals surface area contributed by atoms with Crippen LogP contribution in [0.3, 0.4) is 0 Å². The summed E-state index contributed by atoms with van der Waals surface area (Å²) in [6, 6.07) is 0. The zero-order valence-corrected chi connectivity index (χ0v) is 6.64. The Morgan fingerprint density at radius 1 is 1.54 bits per heavy atom. The third kappa shape index (κ3) is 4.07. The summed E-state index contributed by atoms with van der Waals surface area (Å²) in [5, 5.41) is 8.16. The highest BCUT2D eigenvalue weighted by Crippen LogP contribution is 2.23. The molecule has 0 aliphatic carbocycles. The first kappa shape index (κ1) is 12.2. The smallest absolute Gasteiger partial charge is 0.332 e. The minimum Gasteiger partial charge on any atom is -0.479 e. The van der Waals surface area contributed by atoms with Crippen molar-refractivity contribution in [2.75, 3.05) is 6.61 Å². The minimum absolute atomic E-state index is 0.976. The Kier molecular flexibility index (Phi) is 4.12. The molecule has 0 aromatic heterocycles. The molecule has 0 fully saturated rings. The van der Waals surface area contributed by atoms with Gasteiger partial charge in [0.25, 0.3) is 0 Å². The van der Waals surface area contributed by atoms with Crippen molar-refractivity contribution >= 4 is 5.97 Å². The normalized spacial score (nSPS) is 14.6. The molecule has 1 N–H and O–H groups in total. The summed E-state index contributed by atoms with van der Waals surface area (Å²) in [6.07, 6.45) is -5.38. The van der Waals surface area contributed by atoms with Gasteiger partial charge in [0, 0.05) is 0 Å². The summed E-state index contributed by atoms with van der Waals surface area (Å²) in [5.41, 5.74) is 0. The lowest BCUT2D eigenvalue weighted by Gasteiger charge is -2.16. The van der Waals surface area contributed by atoms with Crippen LogP contribution in [0.1, 0.15) is 6.92 Å². The molecule has 0 radical (unpaired) electrons. The maximum absolute atomic E-state index is 12.1. The van der Waals surface area contributed by atoms with Gasteiger partial charge in [0.05, 0.1) is 0 Å². The molecule has 0 saturated heterocycles. The Morgan fingerprint density at radius 3 is 2.31 bits per heavy atom. The van der Waals surface area contributed by atoms with E-state index >= 15 is 0 Å². The van der Waals surface area contributed by atoms with Gasteiger partial charge in [0.2, 0.25) is 0 Å². The van der Waals surface area contributed by atoms with E-state index in [1.807, 2.05) is 0 Å². The first-order valence-corrected chi connectivity index (χ1v) is 3.27. The van der Waals surface area contributed by atoms with E-state index in [2.05, 4.69) is 4.74 Å². The SMILES string of the molecule is CC(OCC(F)(F)C(F)F)C(=O)O. The highest BCUT2D eigenvalue weighted by atomic mass is 19.3. The molecule has 78 valence electrons. The van der Waals surface area contributed by atoms with Crippen LogP contribution in [0.4, 0.5) is 17.6 Å². The lowest BCUT2D eigenvalue weighted by atomic mass is 10.3. The molecule has 0 bridgehead atoms. The molecule has 0 aromatic rings. The van der Waals surface area contributed by atoms with Crippen LogP contribution in [-0.4, -0.2) is 36.1 Å². The molecule has 1 unspecified atom stereocenters. The Morgan fingerprint density at radius 2 is 2.00 bits per heavy atom. The summed E-state index contributed by atoms with van der Waals surface area (Å²) in [7, 11) is 0. The number of rotatable bonds is 5. The Labute approximate surface area is 71.3 Å². The van der Waals surface area contributed by atoms with Crippen molar-refractivity contribution in [3.05, 3.63) is 0 Å². The topological polar surface area (TPSA) is 46.5 Å². The monoisotopic (exact) mass is 204 g/mol. The third-order valence-corrected chi connectivity index (χ3v) is 1.19. The van der Waals surface area contributed by atoms with Gasteiger partial charge >= 0.3 is 18.3 Å². The summed E-state index contributed by atoms with van der Waals surface area (Å²) in [5.74, 6) is -5.78. The maximum atomic E-state index is 12.1. The van der Waals surface area contributed by atoms with Gasteiger partial charge < -0.3 is 9.84 Å². The average Bonchev–Trinajstić information content (AvgIpc) is 1.99. The molecule has 0 heterocycles. The Hall–Kier alpha value is -0.850. The molecule has 0 saturated carbocycles. The standard InChI is InChI=1S/C6H8F4O3/c1-3(4(11)12)13-2-6(9,10)5(7)8/h3,5H,2H2,1H3,(H,11,12). The number of carbonyl (C=O) groups is 1. The predicted octanol–water partition coefficient (Wildman–Crippen LogP) is 1.38. The third-order valence-electron chi connectivity index (χ3n) is 1.19. The van der Waals surface area contributed by atoms with Crippen molar-refractivity contribution in [2.24, 2.45) is 0 Å². The van der Waals surface area contributed by atoms with Gasteiger partial charge in [-0.15, -0.1) is 0 Å². The lowest BCUT2D eigenvalue weighted by Crippen LogP contribution is -2.35. The highest BCUT2D eigenvalue weighted by molar-refractivity contribution is 5.71. The maximum Gasteiger partial charge on any atom is 0.332 e. The van der Waals surface area contributed by atoms with Crippen LogP contribution in [0.2, 0.25) is 0 Å². The number of carboxylic acids is 1. The Balaban J connectivity index is 3.95. The van der Waals surface area contributed by atoms with E-state index in [1.54, 1.807) is 0 Å². The summed E-state index contributed by atoms with van der Waals surface area (Å²) >= 11 is 0. The largest absolute Gasteiger partial charge is 0.479 e. The molecule has 1 atom stereocenters. The average molecular weight is 204 g/mol. The van der Waals surface area contributed by atoms with Crippen LogP contribution < -0.4 is 0 Å². The second-order valence-corrected chi connectivity index (χ2v) is 2.35. The molecular formula is C6H8F4O3. The minimum atomic E-state index is -4.30. The van der Waals surface area contributed by atoms with Crippen LogP contribution in [0.5, 0.6) is 0 Å². The van der Waals surface area contributed by atoms with Crippen molar-refractivity contribution < 1.29 is 32.2 Å². The van der Waals surface area contributed by atoms with Gasteiger partial charge in [-0.3, -0.25) is 0 Å². The van der Waals surface area contributed by atoms with Gasteiger partial charge in [-0.25, -0.2) is 13.6 Å². The van der Waals surface area contributed by atoms with E-state index in [-0.39, 0.29) is 0 Å². The number of hydrogen-bond acceptors (Lipinski definition) is 2. The number of aliphatic carboxylic acids is 1.